The van der Waals surface area contributed by atoms with E-state index in [2.05, 4.69) is 15.7 Å². The molecule has 0 spiro atoms. The van der Waals surface area contributed by atoms with Gasteiger partial charge in [-0.15, -0.1) is 11.3 Å². The molecule has 3 nitrogen and oxygen atoms in total. The summed E-state index contributed by atoms with van der Waals surface area (Å²) in [5, 5.41) is 6.33. The SMILES string of the molecule is Cc1nc(CSCCC(=O)NCC[C@@H]2C[C@H]3CC[C@H]2C3)cs1. The van der Waals surface area contributed by atoms with Crippen molar-refractivity contribution >= 4 is 29.0 Å². The van der Waals surface area contributed by atoms with Gasteiger partial charge in [0.05, 0.1) is 10.7 Å². The van der Waals surface area contributed by atoms with Gasteiger partial charge in [0.15, 0.2) is 0 Å². The van der Waals surface area contributed by atoms with Crippen LogP contribution in [-0.2, 0) is 10.5 Å². The number of thiazole rings is 1. The predicted molar refractivity (Wildman–Crippen MR) is 94.2 cm³/mol. The molecule has 0 radical (unpaired) electrons. The Labute approximate surface area is 141 Å². The molecule has 0 saturated heterocycles. The van der Waals surface area contributed by atoms with Gasteiger partial charge in [-0.1, -0.05) is 6.42 Å². The number of nitrogens with one attached hydrogen (secondary N) is 1. The minimum Gasteiger partial charge on any atom is -0.356 e. The number of fused-ring (bicyclic) bond motifs is 2. The molecule has 3 atom stereocenters. The number of carbonyl (C=O) groups excluding carboxylic acids is 1. The number of nitrogens with zero attached hydrogens (tertiary/aromatic N) is 1. The molecule has 1 heterocycles. The van der Waals surface area contributed by atoms with Crippen LogP contribution in [0.15, 0.2) is 5.38 Å². The number of rotatable bonds is 8. The second-order valence-electron chi connectivity index (χ2n) is 6.73. The molecule has 2 aliphatic rings. The van der Waals surface area contributed by atoms with Gasteiger partial charge in [-0.05, 0) is 50.4 Å². The van der Waals surface area contributed by atoms with Crippen molar-refractivity contribution < 1.29 is 4.79 Å². The first-order valence-corrected chi connectivity index (χ1v) is 10.5. The molecule has 1 aromatic heterocycles. The third kappa shape index (κ3) is 4.48. The highest BCUT2D eigenvalue weighted by atomic mass is 32.2. The molecule has 0 unspecified atom stereocenters. The van der Waals surface area contributed by atoms with Crippen LogP contribution in [0.3, 0.4) is 0 Å². The average molecular weight is 339 g/mol. The topological polar surface area (TPSA) is 42.0 Å². The summed E-state index contributed by atoms with van der Waals surface area (Å²) in [6, 6.07) is 0. The van der Waals surface area contributed by atoms with Gasteiger partial charge in [0.1, 0.15) is 0 Å². The third-order valence-electron chi connectivity index (χ3n) is 5.11. The zero-order valence-electron chi connectivity index (χ0n) is 13.3. The fourth-order valence-electron chi connectivity index (χ4n) is 4.03. The molecule has 1 amide bonds. The van der Waals surface area contributed by atoms with Gasteiger partial charge >= 0.3 is 0 Å². The first-order chi connectivity index (χ1) is 10.7. The highest BCUT2D eigenvalue weighted by Gasteiger charge is 2.38. The first-order valence-electron chi connectivity index (χ1n) is 8.46. The Morgan fingerprint density at radius 3 is 3.05 bits per heavy atom. The van der Waals surface area contributed by atoms with Crippen molar-refractivity contribution in [2.75, 3.05) is 12.3 Å². The third-order valence-corrected chi connectivity index (χ3v) is 6.93. The Kier molecular flexibility index (Phi) is 5.80. The van der Waals surface area contributed by atoms with Crippen LogP contribution in [0.1, 0.15) is 49.2 Å². The van der Waals surface area contributed by atoms with E-state index in [1.54, 1.807) is 23.1 Å². The van der Waals surface area contributed by atoms with Gasteiger partial charge in [0, 0.05) is 29.9 Å². The molecular formula is C17H26N2OS2. The first kappa shape index (κ1) is 16.3. The number of aryl methyl sites for hydroxylation is 1. The molecule has 122 valence electrons. The molecule has 5 heteroatoms. The summed E-state index contributed by atoms with van der Waals surface area (Å²) in [6.45, 7) is 2.91. The monoisotopic (exact) mass is 338 g/mol. The maximum absolute atomic E-state index is 11.9. The highest BCUT2D eigenvalue weighted by molar-refractivity contribution is 7.98. The zero-order valence-corrected chi connectivity index (χ0v) is 15.0. The fraction of sp³-hybridized carbons (Fsp3) is 0.765. The summed E-state index contributed by atoms with van der Waals surface area (Å²) in [6.07, 6.45) is 7.61. The fourth-order valence-corrected chi connectivity index (χ4v) is 5.58. The van der Waals surface area contributed by atoms with Crippen LogP contribution in [0, 0.1) is 24.7 Å². The van der Waals surface area contributed by atoms with E-state index in [1.165, 1.54) is 32.1 Å². The number of thioether (sulfide) groups is 1. The van der Waals surface area contributed by atoms with Crippen molar-refractivity contribution in [2.45, 2.75) is 51.2 Å². The zero-order chi connectivity index (χ0) is 15.4. The van der Waals surface area contributed by atoms with E-state index in [4.69, 9.17) is 0 Å². The van der Waals surface area contributed by atoms with E-state index >= 15 is 0 Å². The number of hydrogen-bond donors (Lipinski definition) is 1. The van der Waals surface area contributed by atoms with E-state index < -0.39 is 0 Å². The number of aromatic nitrogens is 1. The smallest absolute Gasteiger partial charge is 0.220 e. The Balaban J connectivity index is 1.22. The van der Waals surface area contributed by atoms with Crippen molar-refractivity contribution in [1.29, 1.82) is 0 Å². The standard InChI is InChI=1S/C17H26N2OS2/c1-12-19-16(11-22-12)10-21-7-5-17(20)18-6-4-15-9-13-2-3-14(15)8-13/h11,13-15H,2-10H2,1H3,(H,18,20)/t13-,14-,15+/m0/s1. The van der Waals surface area contributed by atoms with Gasteiger partial charge in [0.2, 0.25) is 5.91 Å². The number of hydrogen-bond acceptors (Lipinski definition) is 4. The number of carbonyl (C=O) groups is 1. The summed E-state index contributed by atoms with van der Waals surface area (Å²) in [5.74, 6) is 4.89. The molecule has 2 saturated carbocycles. The van der Waals surface area contributed by atoms with Crippen LogP contribution in [0.4, 0.5) is 0 Å². The normalized spacial score (nSPS) is 26.5. The van der Waals surface area contributed by atoms with Crippen LogP contribution in [0.5, 0.6) is 0 Å². The van der Waals surface area contributed by atoms with E-state index in [9.17, 15) is 4.79 Å². The maximum atomic E-state index is 11.9. The van der Waals surface area contributed by atoms with Crippen molar-refractivity contribution in [1.82, 2.24) is 10.3 Å². The van der Waals surface area contributed by atoms with Crippen LogP contribution in [-0.4, -0.2) is 23.2 Å². The van der Waals surface area contributed by atoms with Gasteiger partial charge < -0.3 is 5.32 Å². The largest absolute Gasteiger partial charge is 0.356 e. The summed E-state index contributed by atoms with van der Waals surface area (Å²) < 4.78 is 0. The molecular weight excluding hydrogens is 312 g/mol. The van der Waals surface area contributed by atoms with Crippen molar-refractivity contribution in [3.8, 4) is 0 Å². The molecule has 2 aliphatic carbocycles. The van der Waals surface area contributed by atoms with Crippen LogP contribution in [0.2, 0.25) is 0 Å². The van der Waals surface area contributed by atoms with Crippen molar-refractivity contribution in [2.24, 2.45) is 17.8 Å². The molecule has 0 aromatic carbocycles. The highest BCUT2D eigenvalue weighted by Crippen LogP contribution is 2.49. The molecule has 3 rings (SSSR count). The Morgan fingerprint density at radius 2 is 2.36 bits per heavy atom. The minimum absolute atomic E-state index is 0.213. The molecule has 0 aliphatic heterocycles. The lowest BCUT2D eigenvalue weighted by Crippen LogP contribution is -2.27. The Morgan fingerprint density at radius 1 is 1.45 bits per heavy atom. The maximum Gasteiger partial charge on any atom is 0.220 e. The van der Waals surface area contributed by atoms with Gasteiger partial charge in [-0.2, -0.15) is 11.8 Å². The van der Waals surface area contributed by atoms with E-state index in [0.717, 1.165) is 46.5 Å². The Hall–Kier alpha value is -0.550. The lowest BCUT2D eigenvalue weighted by molar-refractivity contribution is -0.120. The van der Waals surface area contributed by atoms with E-state index in [1.807, 2.05) is 6.92 Å². The van der Waals surface area contributed by atoms with Crippen molar-refractivity contribution in [3.63, 3.8) is 0 Å². The second kappa shape index (κ2) is 7.82. The Bertz CT molecular complexity index is 503. The van der Waals surface area contributed by atoms with Crippen LogP contribution in [0.25, 0.3) is 0 Å². The molecule has 1 N–H and O–H groups in total. The number of amides is 1. The van der Waals surface area contributed by atoms with Crippen LogP contribution < -0.4 is 5.32 Å². The molecule has 22 heavy (non-hydrogen) atoms. The average Bonchev–Trinajstić information content (AvgIpc) is 3.20. The minimum atomic E-state index is 0.213. The van der Waals surface area contributed by atoms with Crippen LogP contribution >= 0.6 is 23.1 Å². The summed E-state index contributed by atoms with van der Waals surface area (Å²) >= 11 is 3.49. The van der Waals surface area contributed by atoms with E-state index in [-0.39, 0.29) is 5.91 Å². The molecule has 2 bridgehead atoms. The summed E-state index contributed by atoms with van der Waals surface area (Å²) in [7, 11) is 0. The molecule has 1 aromatic rings. The summed E-state index contributed by atoms with van der Waals surface area (Å²) in [4.78, 5) is 16.3. The van der Waals surface area contributed by atoms with Gasteiger partial charge in [-0.25, -0.2) is 4.98 Å². The summed E-state index contributed by atoms with van der Waals surface area (Å²) in [5.41, 5.74) is 1.14. The quantitative estimate of drug-likeness (QED) is 0.728. The van der Waals surface area contributed by atoms with Gasteiger partial charge in [-0.3, -0.25) is 4.79 Å². The second-order valence-corrected chi connectivity index (χ2v) is 8.90. The predicted octanol–water partition coefficient (Wildman–Crippen LogP) is 4.02. The van der Waals surface area contributed by atoms with Gasteiger partial charge in [0.25, 0.3) is 0 Å². The molecule has 2 fully saturated rings. The van der Waals surface area contributed by atoms with Crippen molar-refractivity contribution in [3.05, 3.63) is 16.1 Å². The van der Waals surface area contributed by atoms with E-state index in [0.29, 0.717) is 6.42 Å². The lowest BCUT2D eigenvalue weighted by Gasteiger charge is -2.21. The lowest BCUT2D eigenvalue weighted by atomic mass is 9.86.